The van der Waals surface area contributed by atoms with E-state index in [0.29, 0.717) is 31.6 Å². The average Bonchev–Trinajstić information content (AvgIpc) is 3.49. The van der Waals surface area contributed by atoms with E-state index in [1.807, 2.05) is 32.1 Å². The topological polar surface area (TPSA) is 135 Å². The first-order chi connectivity index (χ1) is 15.8. The van der Waals surface area contributed by atoms with Gasteiger partial charge < -0.3 is 36.3 Å². The molecule has 1 aromatic carbocycles. The molecule has 2 atom stereocenters. The lowest BCUT2D eigenvalue weighted by molar-refractivity contribution is -0.123. The molecule has 1 aromatic rings. The van der Waals surface area contributed by atoms with Crippen molar-refractivity contribution in [1.82, 2.24) is 16.0 Å². The molecule has 2 amide bonds. The van der Waals surface area contributed by atoms with Crippen molar-refractivity contribution < 1.29 is 24.2 Å². The number of phenolic OH excluding ortho intramolecular Hbond substituents is 1. The maximum atomic E-state index is 12.9. The number of carbonyl (C=O) groups is 2. The molecule has 6 N–H and O–H groups in total. The Morgan fingerprint density at radius 3 is 2.70 bits per heavy atom. The number of aryl methyl sites for hydroxylation is 2. The zero-order valence-corrected chi connectivity index (χ0v) is 19.3. The molecule has 0 saturated carbocycles. The van der Waals surface area contributed by atoms with Gasteiger partial charge in [0, 0.05) is 13.0 Å². The van der Waals surface area contributed by atoms with Crippen LogP contribution >= 0.6 is 0 Å². The van der Waals surface area contributed by atoms with E-state index in [-0.39, 0.29) is 24.6 Å². The number of phenols is 1. The number of hydrogen-bond donors (Lipinski definition) is 5. The summed E-state index contributed by atoms with van der Waals surface area (Å²) in [5.41, 5.74) is 8.48. The lowest BCUT2D eigenvalue weighted by Crippen LogP contribution is -2.48. The molecule has 0 unspecified atom stereocenters. The highest BCUT2D eigenvalue weighted by atomic mass is 16.5. The molecule has 1 fully saturated rings. The number of ether oxygens (including phenoxy) is 2. The van der Waals surface area contributed by atoms with E-state index >= 15 is 0 Å². The smallest absolute Gasteiger partial charge is 0.404 e. The average molecular weight is 459 g/mol. The van der Waals surface area contributed by atoms with Crippen LogP contribution < -0.4 is 21.7 Å². The normalized spacial score (nSPS) is 19.6. The van der Waals surface area contributed by atoms with Crippen LogP contribution in [0.4, 0.5) is 4.79 Å². The van der Waals surface area contributed by atoms with Gasteiger partial charge in [-0.3, -0.25) is 4.79 Å². The second-order valence-corrected chi connectivity index (χ2v) is 8.48. The van der Waals surface area contributed by atoms with E-state index < -0.39 is 6.09 Å². The Morgan fingerprint density at radius 1 is 1.33 bits per heavy atom. The summed E-state index contributed by atoms with van der Waals surface area (Å²) in [6, 6.07) is 3.29. The number of nitrogens with two attached hydrogens (primary N) is 1. The fraction of sp³-hybridized carbons (Fsp3) is 0.500. The first kappa shape index (κ1) is 24.4. The van der Waals surface area contributed by atoms with Gasteiger partial charge in [0.05, 0.1) is 30.6 Å². The van der Waals surface area contributed by atoms with Gasteiger partial charge in [-0.05, 0) is 68.8 Å². The van der Waals surface area contributed by atoms with Gasteiger partial charge in [-0.15, -0.1) is 0 Å². The van der Waals surface area contributed by atoms with Crippen molar-refractivity contribution in [2.24, 2.45) is 5.73 Å². The Kier molecular flexibility index (Phi) is 8.59. The summed E-state index contributed by atoms with van der Waals surface area (Å²) in [5, 5.41) is 19.9. The zero-order chi connectivity index (χ0) is 23.8. The van der Waals surface area contributed by atoms with E-state index in [4.69, 9.17) is 15.2 Å². The van der Waals surface area contributed by atoms with Crippen LogP contribution in [0, 0.1) is 13.8 Å². The number of primary amides is 1. The molecule has 0 radical (unpaired) electrons. The lowest BCUT2D eigenvalue weighted by atomic mass is 10.0. The third kappa shape index (κ3) is 6.89. The van der Waals surface area contributed by atoms with Gasteiger partial charge in [0.2, 0.25) is 5.91 Å². The summed E-state index contributed by atoms with van der Waals surface area (Å²) in [4.78, 5) is 23.8. The van der Waals surface area contributed by atoms with Gasteiger partial charge in [-0.2, -0.15) is 0 Å². The van der Waals surface area contributed by atoms with Crippen molar-refractivity contribution in [2.45, 2.75) is 64.6 Å². The van der Waals surface area contributed by atoms with Crippen molar-refractivity contribution in [2.75, 3.05) is 13.2 Å². The Balaban J connectivity index is 1.78. The molecule has 2 aliphatic rings. The van der Waals surface area contributed by atoms with Crippen molar-refractivity contribution >= 4 is 12.0 Å². The molecule has 9 nitrogen and oxygen atoms in total. The minimum atomic E-state index is -0.816. The van der Waals surface area contributed by atoms with Crippen LogP contribution in [0.5, 0.6) is 5.75 Å². The van der Waals surface area contributed by atoms with Crippen molar-refractivity contribution in [3.05, 3.63) is 52.6 Å². The first-order valence-electron chi connectivity index (χ1n) is 11.4. The van der Waals surface area contributed by atoms with Crippen LogP contribution in [-0.4, -0.2) is 42.3 Å². The van der Waals surface area contributed by atoms with Crippen molar-refractivity contribution in [3.8, 4) is 5.75 Å². The summed E-state index contributed by atoms with van der Waals surface area (Å²) in [5.74, 6) is 0.975. The number of amides is 2. The lowest BCUT2D eigenvalue weighted by Gasteiger charge is -2.26. The summed E-state index contributed by atoms with van der Waals surface area (Å²) >= 11 is 0. The zero-order valence-electron chi connectivity index (χ0n) is 19.3. The Hall–Kier alpha value is -3.20. The molecule has 0 spiro atoms. The molecular weight excluding hydrogens is 424 g/mol. The highest BCUT2D eigenvalue weighted by Gasteiger charge is 2.28. The highest BCUT2D eigenvalue weighted by Crippen LogP contribution is 2.25. The summed E-state index contributed by atoms with van der Waals surface area (Å²) in [7, 11) is 0. The number of allylic oxidation sites excluding steroid dienone is 1. The van der Waals surface area contributed by atoms with Gasteiger partial charge in [0.1, 0.15) is 11.5 Å². The van der Waals surface area contributed by atoms with Crippen LogP contribution in [0.3, 0.4) is 0 Å². The van der Waals surface area contributed by atoms with Gasteiger partial charge in [-0.1, -0.05) is 12.1 Å². The molecule has 9 heteroatoms. The number of nitrogens with one attached hydrogen (secondary N) is 3. The first-order valence-corrected chi connectivity index (χ1v) is 11.4. The van der Waals surface area contributed by atoms with E-state index in [2.05, 4.69) is 16.0 Å². The molecule has 3 rings (SSSR count). The molecule has 2 heterocycles. The predicted octanol–water partition coefficient (Wildman–Crippen LogP) is 2.36. The van der Waals surface area contributed by atoms with Crippen LogP contribution in [0.2, 0.25) is 0 Å². The van der Waals surface area contributed by atoms with E-state index in [9.17, 15) is 14.7 Å². The molecule has 0 aromatic heterocycles. The minimum Gasteiger partial charge on any atom is -0.507 e. The van der Waals surface area contributed by atoms with E-state index in [0.717, 1.165) is 47.5 Å². The molecular formula is C24H34N4O5. The van der Waals surface area contributed by atoms with Crippen LogP contribution in [0.1, 0.15) is 48.8 Å². The Labute approximate surface area is 194 Å². The fourth-order valence-corrected chi connectivity index (χ4v) is 4.20. The second kappa shape index (κ2) is 11.6. The van der Waals surface area contributed by atoms with Gasteiger partial charge in [0.25, 0.3) is 0 Å². The predicted molar refractivity (Wildman–Crippen MR) is 124 cm³/mol. The fourth-order valence-electron chi connectivity index (χ4n) is 4.20. The van der Waals surface area contributed by atoms with Gasteiger partial charge >= 0.3 is 6.09 Å². The van der Waals surface area contributed by atoms with Crippen LogP contribution in [0.15, 0.2) is 35.9 Å². The second-order valence-electron chi connectivity index (χ2n) is 8.48. The highest BCUT2D eigenvalue weighted by molar-refractivity contribution is 5.82. The van der Waals surface area contributed by atoms with Crippen LogP contribution in [-0.2, 0) is 20.8 Å². The molecule has 33 heavy (non-hydrogen) atoms. The third-order valence-electron chi connectivity index (χ3n) is 5.87. The maximum absolute atomic E-state index is 12.9. The number of rotatable bonds is 10. The van der Waals surface area contributed by atoms with E-state index in [1.165, 1.54) is 0 Å². The van der Waals surface area contributed by atoms with Crippen LogP contribution in [0.25, 0.3) is 0 Å². The molecule has 2 aliphatic heterocycles. The Morgan fingerprint density at radius 2 is 2.09 bits per heavy atom. The molecule has 0 bridgehead atoms. The largest absolute Gasteiger partial charge is 0.507 e. The standard InChI is InChI=1S/C24H34N4O5/c1-15-12-17(13-16(2)22(15)29)14-27-21(20-8-5-10-32-20)18(7-4-11-33-24(25)31)28-23(30)19-6-3-9-26-19/h5,10,12-13,18-19,26-27,29H,3-4,6-9,11,14H2,1-2H3,(H2,25,31)(H,28,30)/t18-,19-/m0/s1. The molecule has 180 valence electrons. The van der Waals surface area contributed by atoms with Crippen molar-refractivity contribution in [3.63, 3.8) is 0 Å². The van der Waals surface area contributed by atoms with Gasteiger partial charge in [-0.25, -0.2) is 4.79 Å². The van der Waals surface area contributed by atoms with E-state index in [1.54, 1.807) is 6.26 Å². The minimum absolute atomic E-state index is 0.0597. The quantitative estimate of drug-likeness (QED) is 0.340. The third-order valence-corrected chi connectivity index (χ3v) is 5.87. The number of carbonyl (C=O) groups excluding carboxylic acids is 2. The molecule has 0 aliphatic carbocycles. The van der Waals surface area contributed by atoms with Crippen molar-refractivity contribution in [1.29, 1.82) is 0 Å². The number of benzene rings is 1. The summed E-state index contributed by atoms with van der Waals surface area (Å²) in [6.07, 6.45) is 6.18. The number of aromatic hydroxyl groups is 1. The maximum Gasteiger partial charge on any atom is 0.404 e. The molecule has 1 saturated heterocycles. The van der Waals surface area contributed by atoms with Gasteiger partial charge in [0.15, 0.2) is 0 Å². The number of hydrogen-bond acceptors (Lipinski definition) is 7. The monoisotopic (exact) mass is 458 g/mol. The Bertz CT molecular complexity index is 888. The summed E-state index contributed by atoms with van der Waals surface area (Å²) < 4.78 is 10.6. The SMILES string of the molecule is Cc1cc(CNC(=C2CC=CO2)[C@H](CCCOC(N)=O)NC(=O)[C@@H]2CCCN2)cc(C)c1O. The summed E-state index contributed by atoms with van der Waals surface area (Å²) in [6.45, 7) is 5.22.